The average Bonchev–Trinajstić information content (AvgIpc) is 2.14. The predicted octanol–water partition coefficient (Wildman–Crippen LogP) is 2.14. The Morgan fingerprint density at radius 1 is 1.77 bits per heavy atom. The average molecular weight is 195 g/mol. The van der Waals surface area contributed by atoms with E-state index in [0.29, 0.717) is 5.37 Å². The maximum atomic E-state index is 11.1. The van der Waals surface area contributed by atoms with Crippen LogP contribution < -0.4 is 0 Å². The molecule has 70 valence electrons. The third kappa shape index (κ3) is 1.66. The van der Waals surface area contributed by atoms with Crippen molar-refractivity contribution in [2.75, 3.05) is 5.75 Å². The molecule has 2 heterocycles. The van der Waals surface area contributed by atoms with Crippen LogP contribution >= 0.6 is 11.8 Å². The van der Waals surface area contributed by atoms with Gasteiger partial charge in [0.25, 0.3) is 0 Å². The summed E-state index contributed by atoms with van der Waals surface area (Å²) in [4.78, 5) is 13.0. The quantitative estimate of drug-likeness (QED) is 0.629. The van der Waals surface area contributed by atoms with Crippen LogP contribution in [0.15, 0.2) is 23.9 Å². The molecular formula is C10H13NOS. The molecule has 2 aliphatic rings. The van der Waals surface area contributed by atoms with Gasteiger partial charge in [-0.05, 0) is 12.0 Å². The Kier molecular flexibility index (Phi) is 2.44. The van der Waals surface area contributed by atoms with Crippen LogP contribution in [0.25, 0.3) is 0 Å². The first-order valence-electron chi connectivity index (χ1n) is 4.61. The van der Waals surface area contributed by atoms with E-state index in [1.54, 1.807) is 0 Å². The van der Waals surface area contributed by atoms with Crippen molar-refractivity contribution in [2.24, 2.45) is 0 Å². The summed E-state index contributed by atoms with van der Waals surface area (Å²) in [7, 11) is 0. The highest BCUT2D eigenvalue weighted by Crippen LogP contribution is 2.35. The lowest BCUT2D eigenvalue weighted by Gasteiger charge is -2.40. The minimum atomic E-state index is 0.264. The number of amides is 1. The Morgan fingerprint density at radius 3 is 3.31 bits per heavy atom. The Morgan fingerprint density at radius 2 is 2.62 bits per heavy atom. The highest BCUT2D eigenvalue weighted by atomic mass is 32.2. The van der Waals surface area contributed by atoms with Gasteiger partial charge in [0.2, 0.25) is 5.91 Å². The van der Waals surface area contributed by atoms with Gasteiger partial charge in [0.1, 0.15) is 0 Å². The second-order valence-electron chi connectivity index (χ2n) is 3.29. The van der Waals surface area contributed by atoms with Crippen molar-refractivity contribution in [3.05, 3.63) is 23.9 Å². The topological polar surface area (TPSA) is 20.3 Å². The third-order valence-electron chi connectivity index (χ3n) is 2.26. The molecule has 1 fully saturated rings. The number of rotatable bonds is 2. The van der Waals surface area contributed by atoms with E-state index in [4.69, 9.17) is 0 Å². The molecule has 1 amide bonds. The zero-order valence-corrected chi connectivity index (χ0v) is 8.51. The summed E-state index contributed by atoms with van der Waals surface area (Å²) in [6, 6.07) is 0. The van der Waals surface area contributed by atoms with Crippen LogP contribution in [0.2, 0.25) is 0 Å². The van der Waals surface area contributed by atoms with E-state index in [0.717, 1.165) is 18.6 Å². The summed E-state index contributed by atoms with van der Waals surface area (Å²) in [6.45, 7) is 2.12. The van der Waals surface area contributed by atoms with E-state index in [-0.39, 0.29) is 5.91 Å². The second kappa shape index (κ2) is 3.58. The number of fused-ring (bicyclic) bond motifs is 1. The maximum absolute atomic E-state index is 11.1. The van der Waals surface area contributed by atoms with E-state index in [1.165, 1.54) is 5.57 Å². The Hall–Kier alpha value is -0.700. The fourth-order valence-electron chi connectivity index (χ4n) is 1.46. The molecular weight excluding hydrogens is 182 g/mol. The molecule has 3 heteroatoms. The zero-order chi connectivity index (χ0) is 9.26. The lowest BCUT2D eigenvalue weighted by Crippen LogP contribution is -2.48. The van der Waals surface area contributed by atoms with Gasteiger partial charge in [-0.3, -0.25) is 4.79 Å². The minimum Gasteiger partial charge on any atom is -0.306 e. The number of thioether (sulfide) groups is 1. The van der Waals surface area contributed by atoms with Gasteiger partial charge in [-0.15, -0.1) is 11.8 Å². The maximum Gasteiger partial charge on any atom is 0.230 e. The summed E-state index contributed by atoms with van der Waals surface area (Å²) in [5.41, 5.74) is 1.26. The van der Waals surface area contributed by atoms with E-state index in [1.807, 2.05) is 22.9 Å². The highest BCUT2D eigenvalue weighted by molar-refractivity contribution is 8.00. The predicted molar refractivity (Wildman–Crippen MR) is 55.2 cm³/mol. The van der Waals surface area contributed by atoms with Gasteiger partial charge >= 0.3 is 0 Å². The molecule has 0 N–H and O–H groups in total. The first-order valence-corrected chi connectivity index (χ1v) is 5.66. The highest BCUT2D eigenvalue weighted by Gasteiger charge is 2.37. The summed E-state index contributed by atoms with van der Waals surface area (Å²) in [6.07, 6.45) is 8.04. The number of carbonyl (C=O) groups is 1. The van der Waals surface area contributed by atoms with E-state index < -0.39 is 0 Å². The Balaban J connectivity index is 2.05. The summed E-state index contributed by atoms with van der Waals surface area (Å²) in [5, 5.41) is 0.436. The van der Waals surface area contributed by atoms with Crippen LogP contribution in [0.4, 0.5) is 0 Å². The molecule has 0 aromatic carbocycles. The number of allylic oxidation sites excluding steroid dienone is 2. The van der Waals surface area contributed by atoms with Crippen molar-refractivity contribution in [1.29, 1.82) is 0 Å². The summed E-state index contributed by atoms with van der Waals surface area (Å²) in [5.74, 6) is 1.31. The lowest BCUT2D eigenvalue weighted by atomic mass is 10.2. The van der Waals surface area contributed by atoms with E-state index in [9.17, 15) is 4.79 Å². The molecule has 2 rings (SSSR count). The molecule has 0 bridgehead atoms. The van der Waals surface area contributed by atoms with E-state index in [2.05, 4.69) is 19.1 Å². The number of nitrogens with zero attached hydrogens (tertiary/aromatic N) is 1. The zero-order valence-electron chi connectivity index (χ0n) is 7.69. The second-order valence-corrected chi connectivity index (χ2v) is 4.45. The van der Waals surface area contributed by atoms with Crippen LogP contribution in [-0.4, -0.2) is 21.9 Å². The number of hydrogen-bond donors (Lipinski definition) is 0. The summed E-state index contributed by atoms with van der Waals surface area (Å²) >= 11 is 1.86. The van der Waals surface area contributed by atoms with Gasteiger partial charge in [-0.1, -0.05) is 19.1 Å². The molecule has 2 aliphatic heterocycles. The molecule has 1 saturated heterocycles. The van der Waals surface area contributed by atoms with Crippen molar-refractivity contribution in [2.45, 2.75) is 25.1 Å². The molecule has 13 heavy (non-hydrogen) atoms. The number of hydrogen-bond acceptors (Lipinski definition) is 2. The molecule has 0 aromatic rings. The minimum absolute atomic E-state index is 0.264. The Labute approximate surface area is 82.7 Å². The molecule has 0 aromatic heterocycles. The van der Waals surface area contributed by atoms with Gasteiger partial charge in [0.05, 0.1) is 11.8 Å². The number of carbonyl (C=O) groups excluding carboxylic acids is 1. The van der Waals surface area contributed by atoms with Crippen molar-refractivity contribution in [3.63, 3.8) is 0 Å². The normalized spacial score (nSPS) is 27.2. The lowest BCUT2D eigenvalue weighted by molar-refractivity contribution is -0.137. The van der Waals surface area contributed by atoms with Gasteiger partial charge < -0.3 is 4.90 Å². The molecule has 2 nitrogen and oxygen atoms in total. The van der Waals surface area contributed by atoms with Crippen molar-refractivity contribution < 1.29 is 4.79 Å². The molecule has 0 spiro atoms. The van der Waals surface area contributed by atoms with Gasteiger partial charge in [-0.2, -0.15) is 0 Å². The van der Waals surface area contributed by atoms with E-state index >= 15 is 0 Å². The fourth-order valence-corrected chi connectivity index (χ4v) is 2.62. The molecule has 1 atom stereocenters. The molecule has 0 radical (unpaired) electrons. The Bertz CT molecular complexity index is 283. The van der Waals surface area contributed by atoms with Crippen LogP contribution in [0.5, 0.6) is 0 Å². The molecule has 0 unspecified atom stereocenters. The van der Waals surface area contributed by atoms with Gasteiger partial charge in [-0.25, -0.2) is 0 Å². The van der Waals surface area contributed by atoms with Crippen LogP contribution in [-0.2, 0) is 4.79 Å². The fraction of sp³-hybridized carbons (Fsp3) is 0.500. The first kappa shape index (κ1) is 8.88. The molecule has 0 saturated carbocycles. The van der Waals surface area contributed by atoms with Crippen molar-refractivity contribution in [1.82, 2.24) is 4.90 Å². The smallest absolute Gasteiger partial charge is 0.230 e. The van der Waals surface area contributed by atoms with Crippen LogP contribution in [0.3, 0.4) is 0 Å². The summed E-state index contributed by atoms with van der Waals surface area (Å²) < 4.78 is 0. The largest absolute Gasteiger partial charge is 0.306 e. The third-order valence-corrected chi connectivity index (χ3v) is 3.54. The van der Waals surface area contributed by atoms with Gasteiger partial charge in [0.15, 0.2) is 0 Å². The SMILES string of the molecule is CC/C=C\C1=CN2C(=O)C[C@H]2SC1. The van der Waals surface area contributed by atoms with Crippen LogP contribution in [0, 0.1) is 0 Å². The van der Waals surface area contributed by atoms with Gasteiger partial charge in [0, 0.05) is 12.0 Å². The monoisotopic (exact) mass is 195 g/mol. The van der Waals surface area contributed by atoms with Crippen molar-refractivity contribution in [3.8, 4) is 0 Å². The van der Waals surface area contributed by atoms with Crippen LogP contribution in [0.1, 0.15) is 19.8 Å². The standard InChI is InChI=1S/C10H13NOS/c1-2-3-4-8-6-11-9(12)5-10(11)13-7-8/h3-4,6,10H,2,5,7H2,1H3/b4-3-/t10-/m1/s1. The number of β-lactam (4-membered cyclic amide) rings is 1. The first-order chi connectivity index (χ1) is 6.31. The molecule has 0 aliphatic carbocycles. The van der Waals surface area contributed by atoms with Crippen molar-refractivity contribution >= 4 is 17.7 Å².